The van der Waals surface area contributed by atoms with Crippen LogP contribution in [-0.4, -0.2) is 103 Å². The van der Waals surface area contributed by atoms with Crippen molar-refractivity contribution >= 4 is 41.4 Å². The maximum atomic E-state index is 14.0. The molecule has 0 aliphatic carbocycles. The number of likely N-dealkylation sites (tertiary alicyclic amines) is 1. The summed E-state index contributed by atoms with van der Waals surface area (Å²) in [5.41, 5.74) is -0.641. The van der Waals surface area contributed by atoms with E-state index < -0.39 is 77.0 Å². The Morgan fingerprint density at radius 3 is 2.14 bits per heavy atom. The van der Waals surface area contributed by atoms with Crippen molar-refractivity contribution in [2.45, 2.75) is 98.8 Å². The molecule has 50 heavy (non-hydrogen) atoms. The minimum absolute atomic E-state index is 0.0979. The summed E-state index contributed by atoms with van der Waals surface area (Å²) in [6, 6.07) is 4.41. The Hall–Kier alpha value is -4.49. The van der Waals surface area contributed by atoms with Crippen LogP contribution in [0.2, 0.25) is 0 Å². The number of nitrogens with one attached hydrogen (secondary N) is 4. The van der Waals surface area contributed by atoms with Crippen LogP contribution in [0, 0.1) is 16.7 Å². The molecule has 1 aliphatic rings. The van der Waals surface area contributed by atoms with Crippen molar-refractivity contribution in [1.82, 2.24) is 31.1 Å². The van der Waals surface area contributed by atoms with E-state index >= 15 is 0 Å². The van der Waals surface area contributed by atoms with Crippen LogP contribution in [0.25, 0.3) is 0 Å². The Morgan fingerprint density at radius 1 is 0.980 bits per heavy atom. The zero-order valence-electron chi connectivity index (χ0n) is 31.2. The van der Waals surface area contributed by atoms with E-state index in [1.54, 1.807) is 72.1 Å². The Bertz CT molecular complexity index is 1390. The van der Waals surface area contributed by atoms with Gasteiger partial charge >= 0.3 is 6.09 Å². The average Bonchev–Trinajstić information content (AvgIpc) is 3.37. The summed E-state index contributed by atoms with van der Waals surface area (Å²) in [5, 5.41) is 10.3. The Labute approximate surface area is 295 Å². The molecule has 0 radical (unpaired) electrons. The van der Waals surface area contributed by atoms with Gasteiger partial charge in [0, 0.05) is 20.6 Å². The van der Waals surface area contributed by atoms with Crippen molar-refractivity contribution in [3.8, 4) is 0 Å². The van der Waals surface area contributed by atoms with E-state index in [2.05, 4.69) is 21.3 Å². The molecule has 1 aromatic carbocycles. The van der Waals surface area contributed by atoms with Gasteiger partial charge in [-0.2, -0.15) is 0 Å². The predicted octanol–water partition coefficient (Wildman–Crippen LogP) is 2.33. The van der Waals surface area contributed by atoms with Crippen LogP contribution >= 0.6 is 0 Å². The molecule has 4 N–H and O–H groups in total. The van der Waals surface area contributed by atoms with Gasteiger partial charge in [0.1, 0.15) is 18.1 Å². The first-order valence-corrected chi connectivity index (χ1v) is 17.1. The van der Waals surface area contributed by atoms with Crippen molar-refractivity contribution in [2.75, 3.05) is 33.8 Å². The number of hydrogen-bond acceptors (Lipinski definition) is 8. The molecule has 0 saturated carbocycles. The fraction of sp³-hybridized carbons (Fsp3) is 0.639. The summed E-state index contributed by atoms with van der Waals surface area (Å²) in [6.07, 6.45) is 0.130. The number of hydrogen-bond donors (Lipinski definition) is 4. The van der Waals surface area contributed by atoms with E-state index in [-0.39, 0.29) is 37.8 Å². The third-order valence-electron chi connectivity index (χ3n) is 8.20. The molecule has 0 aromatic heterocycles. The lowest BCUT2D eigenvalue weighted by Gasteiger charge is -2.35. The standard InChI is InChI=1S/C36H56N6O8/c1-11-15-24(28(44)31(46)37-19-26(43)39-27(32(47)41(9)10)23-16-13-12-14-17-23)38-30(45)25-18-36(7,8)21-42(25)33(48)29(35(4,5)6)40-34(49)50-20-22(2)3/h12-14,16-17,22,24-25,27,29H,11,15,18-21H2,1-10H3,(H,37,46)(H,38,45)(H,39,43)(H,40,49)/t24-,25-,27?,29+/m0/s1. The van der Waals surface area contributed by atoms with Crippen LogP contribution in [-0.2, 0) is 33.5 Å². The molecule has 0 spiro atoms. The highest BCUT2D eigenvalue weighted by atomic mass is 16.5. The Balaban J connectivity index is 2.16. The van der Waals surface area contributed by atoms with Gasteiger partial charge in [-0.3, -0.25) is 28.8 Å². The number of ketones is 1. The molecule has 1 saturated heterocycles. The SMILES string of the molecule is CCC[C@H](NC(=O)[C@@H]1CC(C)(C)CN1C(=O)[C@@H](NC(=O)OCC(C)C)C(C)(C)C)C(=O)C(=O)NCC(=O)NC(C(=O)N(C)C)c1ccccc1. The van der Waals surface area contributed by atoms with E-state index in [0.29, 0.717) is 12.0 Å². The van der Waals surface area contributed by atoms with Gasteiger partial charge in [0.05, 0.1) is 19.2 Å². The van der Waals surface area contributed by atoms with Crippen LogP contribution < -0.4 is 21.3 Å². The molecular weight excluding hydrogens is 644 g/mol. The maximum absolute atomic E-state index is 14.0. The molecule has 14 heteroatoms. The topological polar surface area (TPSA) is 183 Å². The molecule has 1 aliphatic heterocycles. The molecule has 2 rings (SSSR count). The minimum atomic E-state index is -1.22. The van der Waals surface area contributed by atoms with Gasteiger partial charge in [-0.25, -0.2) is 4.79 Å². The number of Topliss-reactive ketones (excluding diaryl/α,β-unsaturated/α-hetero) is 1. The fourth-order valence-corrected chi connectivity index (χ4v) is 5.59. The van der Waals surface area contributed by atoms with Crippen LogP contribution in [0.3, 0.4) is 0 Å². The molecular formula is C36H56N6O8. The smallest absolute Gasteiger partial charge is 0.407 e. The van der Waals surface area contributed by atoms with Crippen molar-refractivity contribution in [3.63, 3.8) is 0 Å². The van der Waals surface area contributed by atoms with Gasteiger partial charge in [0.2, 0.25) is 29.4 Å². The van der Waals surface area contributed by atoms with Crippen molar-refractivity contribution in [2.24, 2.45) is 16.7 Å². The molecule has 1 unspecified atom stereocenters. The molecule has 1 fully saturated rings. The number of likely N-dealkylation sites (N-methyl/N-ethyl adjacent to an activating group) is 1. The zero-order valence-corrected chi connectivity index (χ0v) is 31.2. The third-order valence-corrected chi connectivity index (χ3v) is 8.20. The number of amides is 6. The summed E-state index contributed by atoms with van der Waals surface area (Å²) < 4.78 is 5.26. The monoisotopic (exact) mass is 700 g/mol. The first-order valence-electron chi connectivity index (χ1n) is 17.1. The van der Waals surface area contributed by atoms with E-state index in [0.717, 1.165) is 0 Å². The largest absolute Gasteiger partial charge is 0.449 e. The first-order chi connectivity index (χ1) is 23.2. The van der Waals surface area contributed by atoms with Crippen LogP contribution in [0.15, 0.2) is 30.3 Å². The van der Waals surface area contributed by atoms with Crippen molar-refractivity contribution in [1.29, 1.82) is 0 Å². The maximum Gasteiger partial charge on any atom is 0.407 e. The molecule has 1 heterocycles. The molecule has 6 amide bonds. The van der Waals surface area contributed by atoms with Crippen LogP contribution in [0.1, 0.15) is 86.3 Å². The van der Waals surface area contributed by atoms with Crippen molar-refractivity contribution < 1.29 is 38.3 Å². The van der Waals surface area contributed by atoms with E-state index in [1.165, 1.54) is 9.80 Å². The number of carbonyl (C=O) groups is 7. The normalized spacial score (nSPS) is 17.2. The number of nitrogens with zero attached hydrogens (tertiary/aromatic N) is 2. The Kier molecular flexibility index (Phi) is 15.0. The highest BCUT2D eigenvalue weighted by Crippen LogP contribution is 2.36. The molecule has 14 nitrogen and oxygen atoms in total. The zero-order chi connectivity index (χ0) is 38.0. The summed E-state index contributed by atoms with van der Waals surface area (Å²) in [4.78, 5) is 94.9. The highest BCUT2D eigenvalue weighted by molar-refractivity contribution is 6.38. The predicted molar refractivity (Wildman–Crippen MR) is 187 cm³/mol. The number of benzene rings is 1. The first kappa shape index (κ1) is 41.7. The Morgan fingerprint density at radius 2 is 1.60 bits per heavy atom. The van der Waals surface area contributed by atoms with E-state index in [1.807, 2.05) is 27.7 Å². The second-order valence-electron chi connectivity index (χ2n) is 15.3. The van der Waals surface area contributed by atoms with E-state index in [4.69, 9.17) is 4.74 Å². The minimum Gasteiger partial charge on any atom is -0.449 e. The third kappa shape index (κ3) is 12.1. The number of carbonyl (C=O) groups excluding carboxylic acids is 7. The van der Waals surface area contributed by atoms with Gasteiger partial charge in [0.15, 0.2) is 0 Å². The number of ether oxygens (including phenoxy) is 1. The van der Waals surface area contributed by atoms with Gasteiger partial charge in [0.25, 0.3) is 5.91 Å². The average molecular weight is 701 g/mol. The number of rotatable bonds is 15. The summed E-state index contributed by atoms with van der Waals surface area (Å²) in [7, 11) is 3.11. The summed E-state index contributed by atoms with van der Waals surface area (Å²) >= 11 is 0. The molecule has 4 atom stereocenters. The van der Waals surface area contributed by atoms with Gasteiger partial charge in [-0.15, -0.1) is 0 Å². The van der Waals surface area contributed by atoms with Gasteiger partial charge in [-0.1, -0.05) is 92.1 Å². The van der Waals surface area contributed by atoms with Gasteiger partial charge in [-0.05, 0) is 35.2 Å². The second-order valence-corrected chi connectivity index (χ2v) is 15.3. The van der Waals surface area contributed by atoms with Crippen LogP contribution in [0.5, 0.6) is 0 Å². The molecule has 0 bridgehead atoms. The lowest BCUT2D eigenvalue weighted by Crippen LogP contribution is -2.59. The molecule has 1 aromatic rings. The lowest BCUT2D eigenvalue weighted by molar-refractivity contribution is -0.144. The fourth-order valence-electron chi connectivity index (χ4n) is 5.59. The second kappa shape index (κ2) is 18.0. The number of alkyl carbamates (subject to hydrolysis) is 1. The quantitative estimate of drug-likeness (QED) is 0.201. The van der Waals surface area contributed by atoms with E-state index in [9.17, 15) is 33.6 Å². The summed E-state index contributed by atoms with van der Waals surface area (Å²) in [5.74, 6) is -4.07. The van der Waals surface area contributed by atoms with Crippen LogP contribution in [0.4, 0.5) is 4.79 Å². The summed E-state index contributed by atoms with van der Waals surface area (Å²) in [6.45, 7) is 14.6. The van der Waals surface area contributed by atoms with Gasteiger partial charge < -0.3 is 35.8 Å². The molecule has 278 valence electrons. The van der Waals surface area contributed by atoms with Crippen molar-refractivity contribution in [3.05, 3.63) is 35.9 Å². The lowest BCUT2D eigenvalue weighted by atomic mass is 9.85. The highest BCUT2D eigenvalue weighted by Gasteiger charge is 2.48.